The highest BCUT2D eigenvalue weighted by Crippen LogP contribution is 2.24. The normalized spacial score (nSPS) is 14.6. The molecule has 0 saturated carbocycles. The van der Waals surface area contributed by atoms with Crippen LogP contribution in [-0.4, -0.2) is 24.9 Å². The van der Waals surface area contributed by atoms with E-state index in [-0.39, 0.29) is 18.2 Å². The first-order chi connectivity index (χ1) is 13.5. The van der Waals surface area contributed by atoms with Crippen molar-refractivity contribution < 1.29 is 9.59 Å². The van der Waals surface area contributed by atoms with Gasteiger partial charge in [-0.3, -0.25) is 9.59 Å². The molecule has 0 radical (unpaired) electrons. The van der Waals surface area contributed by atoms with Crippen molar-refractivity contribution >= 4 is 23.2 Å². The van der Waals surface area contributed by atoms with Crippen molar-refractivity contribution in [2.75, 3.05) is 23.3 Å². The van der Waals surface area contributed by atoms with Gasteiger partial charge >= 0.3 is 0 Å². The van der Waals surface area contributed by atoms with Gasteiger partial charge in [-0.15, -0.1) is 0 Å². The predicted molar refractivity (Wildman–Crippen MR) is 113 cm³/mol. The lowest BCUT2D eigenvalue weighted by Gasteiger charge is -2.32. The van der Waals surface area contributed by atoms with Crippen LogP contribution >= 0.6 is 0 Å². The SMILES string of the molecule is Cc1ccccc1CNC(=O)CC(=O)Nc1ccc(N2CCC(C)CC2)cc1. The Hall–Kier alpha value is -2.82. The summed E-state index contributed by atoms with van der Waals surface area (Å²) in [7, 11) is 0. The molecule has 2 amide bonds. The number of nitrogens with zero attached hydrogens (tertiary/aromatic N) is 1. The summed E-state index contributed by atoms with van der Waals surface area (Å²) in [5.74, 6) is 0.216. The van der Waals surface area contributed by atoms with E-state index in [1.165, 1.54) is 18.5 Å². The van der Waals surface area contributed by atoms with Crippen LogP contribution in [0.3, 0.4) is 0 Å². The summed E-state index contributed by atoms with van der Waals surface area (Å²) in [6.07, 6.45) is 2.25. The van der Waals surface area contributed by atoms with Crippen molar-refractivity contribution in [3.05, 3.63) is 59.7 Å². The molecule has 0 atom stereocenters. The number of aryl methyl sites for hydroxylation is 1. The lowest BCUT2D eigenvalue weighted by Crippen LogP contribution is -2.32. The van der Waals surface area contributed by atoms with Crippen LogP contribution in [0.25, 0.3) is 0 Å². The van der Waals surface area contributed by atoms with Gasteiger partial charge < -0.3 is 15.5 Å². The molecule has 2 N–H and O–H groups in total. The molecule has 5 heteroatoms. The summed E-state index contributed by atoms with van der Waals surface area (Å²) >= 11 is 0. The van der Waals surface area contributed by atoms with Crippen LogP contribution in [0.2, 0.25) is 0 Å². The van der Waals surface area contributed by atoms with E-state index >= 15 is 0 Å². The molecule has 1 saturated heterocycles. The highest BCUT2D eigenvalue weighted by atomic mass is 16.2. The van der Waals surface area contributed by atoms with Crippen LogP contribution < -0.4 is 15.5 Å². The van der Waals surface area contributed by atoms with E-state index in [4.69, 9.17) is 0 Å². The second kappa shape index (κ2) is 9.40. The maximum Gasteiger partial charge on any atom is 0.233 e. The van der Waals surface area contributed by atoms with E-state index in [2.05, 4.69) is 22.5 Å². The number of hydrogen-bond donors (Lipinski definition) is 2. The van der Waals surface area contributed by atoms with E-state index in [0.29, 0.717) is 12.2 Å². The molecule has 0 aromatic heterocycles. The Labute approximate surface area is 167 Å². The average Bonchev–Trinajstić information content (AvgIpc) is 2.68. The summed E-state index contributed by atoms with van der Waals surface area (Å²) in [6.45, 7) is 6.89. The Morgan fingerprint density at radius 3 is 2.36 bits per heavy atom. The molecule has 1 heterocycles. The molecule has 5 nitrogen and oxygen atoms in total. The van der Waals surface area contributed by atoms with Crippen molar-refractivity contribution in [1.82, 2.24) is 5.32 Å². The number of carbonyl (C=O) groups is 2. The second-order valence-electron chi connectivity index (χ2n) is 7.64. The Bertz CT molecular complexity index is 809. The van der Waals surface area contributed by atoms with Gasteiger partial charge in [-0.25, -0.2) is 0 Å². The number of nitrogens with one attached hydrogen (secondary N) is 2. The zero-order chi connectivity index (χ0) is 19.9. The number of piperidine rings is 1. The first-order valence-electron chi connectivity index (χ1n) is 9.97. The van der Waals surface area contributed by atoms with Crippen molar-refractivity contribution in [2.24, 2.45) is 5.92 Å². The van der Waals surface area contributed by atoms with Crippen LogP contribution in [0, 0.1) is 12.8 Å². The minimum Gasteiger partial charge on any atom is -0.372 e. The van der Waals surface area contributed by atoms with Gasteiger partial charge in [-0.1, -0.05) is 31.2 Å². The lowest BCUT2D eigenvalue weighted by atomic mass is 9.99. The largest absolute Gasteiger partial charge is 0.372 e. The summed E-state index contributed by atoms with van der Waals surface area (Å²) in [5, 5.41) is 5.61. The van der Waals surface area contributed by atoms with Crippen molar-refractivity contribution in [3.63, 3.8) is 0 Å². The number of carbonyl (C=O) groups excluding carboxylic acids is 2. The van der Waals surface area contributed by atoms with Gasteiger partial charge in [0.05, 0.1) is 0 Å². The molecule has 0 bridgehead atoms. The number of hydrogen-bond acceptors (Lipinski definition) is 3. The van der Waals surface area contributed by atoms with Gasteiger partial charge in [0.25, 0.3) is 0 Å². The highest BCUT2D eigenvalue weighted by Gasteiger charge is 2.16. The molecule has 2 aromatic rings. The van der Waals surface area contributed by atoms with Gasteiger partial charge in [0.2, 0.25) is 11.8 Å². The Morgan fingerprint density at radius 2 is 1.68 bits per heavy atom. The van der Waals surface area contributed by atoms with E-state index in [0.717, 1.165) is 30.1 Å². The third kappa shape index (κ3) is 5.59. The van der Waals surface area contributed by atoms with Gasteiger partial charge in [0.1, 0.15) is 6.42 Å². The van der Waals surface area contributed by atoms with Crippen LogP contribution in [-0.2, 0) is 16.1 Å². The molecular formula is C23H29N3O2. The Morgan fingerprint density at radius 1 is 1.00 bits per heavy atom. The highest BCUT2D eigenvalue weighted by molar-refractivity contribution is 6.03. The molecule has 0 spiro atoms. The maximum atomic E-state index is 12.1. The molecule has 3 rings (SSSR count). The number of anilines is 2. The third-order valence-electron chi connectivity index (χ3n) is 5.36. The van der Waals surface area contributed by atoms with Crippen LogP contribution in [0.15, 0.2) is 48.5 Å². The first kappa shape index (κ1) is 19.9. The fraction of sp³-hybridized carbons (Fsp3) is 0.391. The second-order valence-corrected chi connectivity index (χ2v) is 7.64. The van der Waals surface area contributed by atoms with Gasteiger partial charge in [0.15, 0.2) is 0 Å². The number of rotatable bonds is 6. The monoisotopic (exact) mass is 379 g/mol. The van der Waals surface area contributed by atoms with Gasteiger partial charge in [0, 0.05) is 31.0 Å². The van der Waals surface area contributed by atoms with Gasteiger partial charge in [-0.2, -0.15) is 0 Å². The smallest absolute Gasteiger partial charge is 0.233 e. The number of amides is 2. The molecule has 148 valence electrons. The standard InChI is InChI=1S/C23H29N3O2/c1-17-11-13-26(14-12-17)21-9-7-20(8-10-21)25-23(28)15-22(27)24-16-19-6-4-3-5-18(19)2/h3-10,17H,11-16H2,1-2H3,(H,24,27)(H,25,28). The third-order valence-corrected chi connectivity index (χ3v) is 5.36. The minimum absolute atomic E-state index is 0.183. The molecule has 1 aliphatic rings. The van der Waals surface area contributed by atoms with Crippen LogP contribution in [0.5, 0.6) is 0 Å². The summed E-state index contributed by atoms with van der Waals surface area (Å²) in [6, 6.07) is 15.7. The molecule has 0 aliphatic carbocycles. The maximum absolute atomic E-state index is 12.1. The van der Waals surface area contributed by atoms with Crippen LogP contribution in [0.4, 0.5) is 11.4 Å². The molecule has 2 aromatic carbocycles. The quantitative estimate of drug-likeness (QED) is 0.749. The fourth-order valence-electron chi connectivity index (χ4n) is 3.44. The van der Waals surface area contributed by atoms with E-state index in [9.17, 15) is 9.59 Å². The average molecular weight is 380 g/mol. The summed E-state index contributed by atoms with van der Waals surface area (Å²) in [5.41, 5.74) is 4.07. The summed E-state index contributed by atoms with van der Waals surface area (Å²) < 4.78 is 0. The Balaban J connectivity index is 1.45. The Kier molecular flexibility index (Phi) is 6.69. The van der Waals surface area contributed by atoms with Crippen molar-refractivity contribution in [2.45, 2.75) is 39.7 Å². The van der Waals surface area contributed by atoms with Crippen LogP contribution in [0.1, 0.15) is 37.3 Å². The molecule has 1 aliphatic heterocycles. The molecule has 0 unspecified atom stereocenters. The van der Waals surface area contributed by atoms with E-state index in [1.54, 1.807) is 0 Å². The lowest BCUT2D eigenvalue weighted by molar-refractivity contribution is -0.126. The van der Waals surface area contributed by atoms with Crippen molar-refractivity contribution in [1.29, 1.82) is 0 Å². The van der Waals surface area contributed by atoms with E-state index in [1.807, 2.05) is 55.5 Å². The predicted octanol–water partition coefficient (Wildman–Crippen LogP) is 3.88. The topological polar surface area (TPSA) is 61.4 Å². The zero-order valence-electron chi connectivity index (χ0n) is 16.7. The molecular weight excluding hydrogens is 350 g/mol. The number of benzene rings is 2. The van der Waals surface area contributed by atoms with Crippen molar-refractivity contribution in [3.8, 4) is 0 Å². The fourth-order valence-corrected chi connectivity index (χ4v) is 3.44. The summed E-state index contributed by atoms with van der Waals surface area (Å²) in [4.78, 5) is 26.6. The van der Waals surface area contributed by atoms with Gasteiger partial charge in [-0.05, 0) is 61.1 Å². The first-order valence-corrected chi connectivity index (χ1v) is 9.97. The van der Waals surface area contributed by atoms with E-state index < -0.39 is 0 Å². The molecule has 28 heavy (non-hydrogen) atoms. The zero-order valence-corrected chi connectivity index (χ0v) is 16.7. The molecule has 1 fully saturated rings. The minimum atomic E-state index is -0.304.